The fourth-order valence-electron chi connectivity index (χ4n) is 1.88. The van der Waals surface area contributed by atoms with Gasteiger partial charge in [0, 0.05) is 6.20 Å². The molecular weight excluding hydrogens is 146 g/mol. The molecule has 1 heteroatoms. The van der Waals surface area contributed by atoms with Crippen molar-refractivity contribution in [1.82, 2.24) is 5.32 Å². The maximum absolute atomic E-state index is 4.33. The van der Waals surface area contributed by atoms with E-state index in [1.165, 1.54) is 37.0 Å². The van der Waals surface area contributed by atoms with E-state index in [0.717, 1.165) is 0 Å². The monoisotopic (exact) mass is 160 g/mol. The standard InChI is InChI=1S/C11H14N/c1-9-5-2-3-6-10(9)11-7-4-8-12-11/h4,7-8H,2-3,5-6H2,1H3. The van der Waals surface area contributed by atoms with E-state index < -0.39 is 0 Å². The molecule has 1 radical (unpaired) electrons. The summed E-state index contributed by atoms with van der Waals surface area (Å²) in [5, 5.41) is 4.33. The summed E-state index contributed by atoms with van der Waals surface area (Å²) in [5.41, 5.74) is 4.23. The van der Waals surface area contributed by atoms with Crippen molar-refractivity contribution in [3.8, 4) is 0 Å². The van der Waals surface area contributed by atoms with Crippen molar-refractivity contribution >= 4 is 0 Å². The lowest BCUT2D eigenvalue weighted by atomic mass is 9.91. The van der Waals surface area contributed by atoms with Crippen LogP contribution in [-0.4, -0.2) is 0 Å². The van der Waals surface area contributed by atoms with Crippen LogP contribution in [0.3, 0.4) is 0 Å². The first kappa shape index (κ1) is 7.66. The van der Waals surface area contributed by atoms with Gasteiger partial charge in [-0.1, -0.05) is 5.57 Å². The second-order valence-corrected chi connectivity index (χ2v) is 3.49. The van der Waals surface area contributed by atoms with Gasteiger partial charge < -0.3 is 0 Å². The molecule has 2 rings (SSSR count). The molecule has 1 aliphatic carbocycles. The lowest BCUT2D eigenvalue weighted by Gasteiger charge is -2.17. The third-order valence-electron chi connectivity index (χ3n) is 2.61. The predicted molar refractivity (Wildman–Crippen MR) is 50.5 cm³/mol. The summed E-state index contributed by atoms with van der Waals surface area (Å²) in [7, 11) is 0. The van der Waals surface area contributed by atoms with Gasteiger partial charge in [-0.25, -0.2) is 0 Å². The summed E-state index contributed by atoms with van der Waals surface area (Å²) in [6.07, 6.45) is 11.2. The van der Waals surface area contributed by atoms with Crippen LogP contribution in [0.2, 0.25) is 0 Å². The van der Waals surface area contributed by atoms with Crippen LogP contribution < -0.4 is 5.32 Å². The highest BCUT2D eigenvalue weighted by molar-refractivity contribution is 5.40. The van der Waals surface area contributed by atoms with Crippen LogP contribution in [0.4, 0.5) is 0 Å². The van der Waals surface area contributed by atoms with Gasteiger partial charge in [-0.2, -0.15) is 0 Å². The summed E-state index contributed by atoms with van der Waals surface area (Å²) in [6.45, 7) is 2.24. The van der Waals surface area contributed by atoms with Crippen molar-refractivity contribution < 1.29 is 0 Å². The highest BCUT2D eigenvalue weighted by atomic mass is 14.9. The largest absolute Gasteiger partial charge is 0.257 e. The van der Waals surface area contributed by atoms with Crippen LogP contribution in [0.15, 0.2) is 35.2 Å². The van der Waals surface area contributed by atoms with Crippen LogP contribution in [-0.2, 0) is 0 Å². The van der Waals surface area contributed by atoms with E-state index in [0.29, 0.717) is 0 Å². The minimum absolute atomic E-state index is 1.20. The summed E-state index contributed by atoms with van der Waals surface area (Å²) in [5.74, 6) is 0. The van der Waals surface area contributed by atoms with E-state index in [9.17, 15) is 0 Å². The molecule has 0 atom stereocenters. The van der Waals surface area contributed by atoms with Gasteiger partial charge in [0.25, 0.3) is 0 Å². The Morgan fingerprint density at radius 1 is 1.25 bits per heavy atom. The summed E-state index contributed by atoms with van der Waals surface area (Å²) >= 11 is 0. The van der Waals surface area contributed by atoms with E-state index in [1.807, 2.05) is 12.3 Å². The van der Waals surface area contributed by atoms with Gasteiger partial charge in [-0.05, 0) is 50.3 Å². The van der Waals surface area contributed by atoms with Crippen molar-refractivity contribution in [2.45, 2.75) is 32.6 Å². The summed E-state index contributed by atoms with van der Waals surface area (Å²) < 4.78 is 0. The second kappa shape index (κ2) is 3.18. The zero-order valence-corrected chi connectivity index (χ0v) is 7.51. The maximum atomic E-state index is 4.33. The second-order valence-electron chi connectivity index (χ2n) is 3.49. The average molecular weight is 160 g/mol. The molecule has 12 heavy (non-hydrogen) atoms. The molecule has 0 N–H and O–H groups in total. The van der Waals surface area contributed by atoms with Gasteiger partial charge >= 0.3 is 0 Å². The molecule has 1 heterocycles. The molecule has 0 spiro atoms. The molecular formula is C11H14N. The minimum atomic E-state index is 1.20. The molecule has 1 aliphatic heterocycles. The molecule has 2 aliphatic rings. The van der Waals surface area contributed by atoms with Gasteiger partial charge in [-0.15, -0.1) is 0 Å². The number of hydrogen-bond donors (Lipinski definition) is 0. The van der Waals surface area contributed by atoms with E-state index in [2.05, 4.69) is 18.3 Å². The Balaban J connectivity index is 2.21. The molecule has 0 saturated carbocycles. The summed E-state index contributed by atoms with van der Waals surface area (Å²) in [4.78, 5) is 0. The molecule has 0 unspecified atom stereocenters. The van der Waals surface area contributed by atoms with Gasteiger partial charge in [-0.3, -0.25) is 5.32 Å². The average Bonchev–Trinajstić information content (AvgIpc) is 2.57. The predicted octanol–water partition coefficient (Wildman–Crippen LogP) is 2.89. The first-order chi connectivity index (χ1) is 5.88. The van der Waals surface area contributed by atoms with Crippen LogP contribution in [0.25, 0.3) is 0 Å². The van der Waals surface area contributed by atoms with E-state index >= 15 is 0 Å². The Hall–Kier alpha value is -0.980. The van der Waals surface area contributed by atoms with Crippen molar-refractivity contribution in [3.05, 3.63) is 35.2 Å². The van der Waals surface area contributed by atoms with E-state index in [1.54, 1.807) is 5.57 Å². The third kappa shape index (κ3) is 1.31. The topological polar surface area (TPSA) is 14.1 Å². The first-order valence-electron chi connectivity index (χ1n) is 4.64. The van der Waals surface area contributed by atoms with Gasteiger partial charge in [0.1, 0.15) is 0 Å². The molecule has 0 saturated heterocycles. The molecule has 0 aromatic heterocycles. The lowest BCUT2D eigenvalue weighted by molar-refractivity contribution is 0.671. The van der Waals surface area contributed by atoms with Crippen molar-refractivity contribution in [2.75, 3.05) is 0 Å². The fourth-order valence-corrected chi connectivity index (χ4v) is 1.88. The molecule has 0 aromatic carbocycles. The Labute approximate surface area is 73.9 Å². The van der Waals surface area contributed by atoms with Crippen LogP contribution in [0, 0.1) is 0 Å². The van der Waals surface area contributed by atoms with Crippen LogP contribution in [0.5, 0.6) is 0 Å². The Morgan fingerprint density at radius 3 is 2.75 bits per heavy atom. The van der Waals surface area contributed by atoms with Crippen molar-refractivity contribution in [3.63, 3.8) is 0 Å². The number of nitrogens with zero attached hydrogens (tertiary/aromatic N) is 1. The molecule has 1 nitrogen and oxygen atoms in total. The van der Waals surface area contributed by atoms with Gasteiger partial charge in [0.2, 0.25) is 0 Å². The normalized spacial score (nSPS) is 22.6. The SMILES string of the molecule is CC1=C(C2=CC=C[N]2)CCCC1. The molecule has 0 fully saturated rings. The molecule has 0 bridgehead atoms. The lowest BCUT2D eigenvalue weighted by Crippen LogP contribution is -2.04. The Bertz CT molecular complexity index is 266. The van der Waals surface area contributed by atoms with Gasteiger partial charge in [0.15, 0.2) is 0 Å². The van der Waals surface area contributed by atoms with Crippen molar-refractivity contribution in [1.29, 1.82) is 0 Å². The van der Waals surface area contributed by atoms with Crippen LogP contribution >= 0.6 is 0 Å². The van der Waals surface area contributed by atoms with E-state index in [-0.39, 0.29) is 0 Å². The molecule has 0 aromatic rings. The maximum Gasteiger partial charge on any atom is 0.0661 e. The highest BCUT2D eigenvalue weighted by Crippen LogP contribution is 2.29. The number of hydrogen-bond acceptors (Lipinski definition) is 0. The van der Waals surface area contributed by atoms with Gasteiger partial charge in [0.05, 0.1) is 5.70 Å². The fraction of sp³-hybridized carbons (Fsp3) is 0.455. The highest BCUT2D eigenvalue weighted by Gasteiger charge is 2.14. The van der Waals surface area contributed by atoms with Crippen molar-refractivity contribution in [2.24, 2.45) is 0 Å². The zero-order chi connectivity index (χ0) is 8.39. The first-order valence-corrected chi connectivity index (χ1v) is 4.64. The molecule has 63 valence electrons. The minimum Gasteiger partial charge on any atom is -0.257 e. The number of allylic oxidation sites excluding steroid dienone is 4. The smallest absolute Gasteiger partial charge is 0.0661 e. The molecule has 0 amide bonds. The zero-order valence-electron chi connectivity index (χ0n) is 7.51. The Morgan fingerprint density at radius 2 is 2.08 bits per heavy atom. The van der Waals surface area contributed by atoms with E-state index in [4.69, 9.17) is 0 Å². The third-order valence-corrected chi connectivity index (χ3v) is 2.61. The van der Waals surface area contributed by atoms with Crippen LogP contribution in [0.1, 0.15) is 32.6 Å². The Kier molecular flexibility index (Phi) is 2.03. The summed E-state index contributed by atoms with van der Waals surface area (Å²) in [6, 6.07) is 0. The number of rotatable bonds is 1. The quantitative estimate of drug-likeness (QED) is 0.560.